The SMILES string of the molecule is CCCCCCCCCCCCCCCCCCCC=CC1=CC(=O)OC1=O. The molecule has 0 spiro atoms. The molecule has 0 atom stereocenters. The highest BCUT2D eigenvalue weighted by atomic mass is 16.6. The van der Waals surface area contributed by atoms with Gasteiger partial charge in [-0.2, -0.15) is 0 Å². The highest BCUT2D eigenvalue weighted by Gasteiger charge is 2.20. The Labute approximate surface area is 173 Å². The van der Waals surface area contributed by atoms with Crippen molar-refractivity contribution < 1.29 is 14.3 Å². The highest BCUT2D eigenvalue weighted by molar-refractivity contribution is 6.10. The van der Waals surface area contributed by atoms with E-state index in [9.17, 15) is 9.59 Å². The first-order valence-corrected chi connectivity index (χ1v) is 11.9. The molecule has 160 valence electrons. The van der Waals surface area contributed by atoms with Crippen LogP contribution in [0.1, 0.15) is 122 Å². The lowest BCUT2D eigenvalue weighted by Crippen LogP contribution is -2.00. The number of hydrogen-bond donors (Lipinski definition) is 0. The van der Waals surface area contributed by atoms with E-state index in [0.717, 1.165) is 12.8 Å². The smallest absolute Gasteiger partial charge is 0.346 e. The molecule has 0 bridgehead atoms. The first kappa shape index (κ1) is 24.7. The van der Waals surface area contributed by atoms with Gasteiger partial charge in [-0.15, -0.1) is 0 Å². The van der Waals surface area contributed by atoms with Gasteiger partial charge in [-0.05, 0) is 12.8 Å². The number of unbranched alkanes of at least 4 members (excludes halogenated alkanes) is 17. The van der Waals surface area contributed by atoms with E-state index in [1.807, 2.05) is 6.08 Å². The minimum absolute atomic E-state index is 0.372. The lowest BCUT2D eigenvalue weighted by Gasteiger charge is -2.03. The average molecular weight is 391 g/mol. The van der Waals surface area contributed by atoms with Crippen LogP contribution in [0.4, 0.5) is 0 Å². The molecule has 0 saturated carbocycles. The molecule has 0 amide bonds. The molecule has 0 N–H and O–H groups in total. The molecule has 1 aliphatic rings. The summed E-state index contributed by atoms with van der Waals surface area (Å²) in [6.07, 6.45) is 29.3. The number of rotatable bonds is 19. The Morgan fingerprint density at radius 2 is 1.11 bits per heavy atom. The summed E-state index contributed by atoms with van der Waals surface area (Å²) >= 11 is 0. The van der Waals surface area contributed by atoms with E-state index in [0.29, 0.717) is 5.57 Å². The van der Waals surface area contributed by atoms with Crippen LogP contribution in [0.5, 0.6) is 0 Å². The quantitative estimate of drug-likeness (QED) is 0.130. The molecular weight excluding hydrogens is 348 g/mol. The van der Waals surface area contributed by atoms with Gasteiger partial charge in [0.2, 0.25) is 0 Å². The van der Waals surface area contributed by atoms with E-state index >= 15 is 0 Å². The van der Waals surface area contributed by atoms with Crippen molar-refractivity contribution in [3.63, 3.8) is 0 Å². The molecule has 0 aromatic carbocycles. The molecular formula is C25H42O3. The number of cyclic esters (lactones) is 2. The van der Waals surface area contributed by atoms with Crippen LogP contribution in [0.25, 0.3) is 0 Å². The van der Waals surface area contributed by atoms with Gasteiger partial charge in [-0.1, -0.05) is 122 Å². The fourth-order valence-corrected chi connectivity index (χ4v) is 3.68. The molecule has 3 nitrogen and oxygen atoms in total. The van der Waals surface area contributed by atoms with E-state index in [1.54, 1.807) is 6.08 Å². The highest BCUT2D eigenvalue weighted by Crippen LogP contribution is 2.15. The molecule has 0 fully saturated rings. The fraction of sp³-hybridized carbons (Fsp3) is 0.760. The van der Waals surface area contributed by atoms with Crippen molar-refractivity contribution in [2.45, 2.75) is 122 Å². The Morgan fingerprint density at radius 3 is 1.50 bits per heavy atom. The molecule has 1 rings (SSSR count). The predicted octanol–water partition coefficient (Wildman–Crippen LogP) is 7.59. The Balaban J connectivity index is 1.75. The zero-order valence-electron chi connectivity index (χ0n) is 18.2. The molecule has 0 saturated heterocycles. The summed E-state index contributed by atoms with van der Waals surface area (Å²) in [5.41, 5.74) is 0.372. The summed E-state index contributed by atoms with van der Waals surface area (Å²) in [5, 5.41) is 0. The lowest BCUT2D eigenvalue weighted by molar-refractivity contribution is -0.150. The zero-order chi connectivity index (χ0) is 20.3. The van der Waals surface area contributed by atoms with E-state index in [4.69, 9.17) is 0 Å². The van der Waals surface area contributed by atoms with Gasteiger partial charge < -0.3 is 4.74 Å². The van der Waals surface area contributed by atoms with Crippen molar-refractivity contribution in [3.05, 3.63) is 23.8 Å². The molecule has 3 heteroatoms. The third-order valence-corrected chi connectivity index (χ3v) is 5.47. The number of allylic oxidation sites excluding steroid dienone is 1. The summed E-state index contributed by atoms with van der Waals surface area (Å²) in [4.78, 5) is 22.2. The van der Waals surface area contributed by atoms with Gasteiger partial charge in [0.15, 0.2) is 0 Å². The number of esters is 2. The molecule has 0 aliphatic carbocycles. The van der Waals surface area contributed by atoms with Crippen LogP contribution in [-0.2, 0) is 14.3 Å². The van der Waals surface area contributed by atoms with Crippen molar-refractivity contribution in [2.75, 3.05) is 0 Å². The topological polar surface area (TPSA) is 43.4 Å². The van der Waals surface area contributed by atoms with Crippen molar-refractivity contribution in [2.24, 2.45) is 0 Å². The second-order valence-electron chi connectivity index (χ2n) is 8.16. The van der Waals surface area contributed by atoms with Gasteiger partial charge in [-0.25, -0.2) is 9.59 Å². The zero-order valence-corrected chi connectivity index (χ0v) is 18.2. The maximum Gasteiger partial charge on any atom is 0.346 e. The Hall–Kier alpha value is -1.38. The summed E-state index contributed by atoms with van der Waals surface area (Å²) in [7, 11) is 0. The molecule has 0 aromatic heterocycles. The minimum atomic E-state index is -0.553. The Bertz CT molecular complexity index is 476. The van der Waals surface area contributed by atoms with Gasteiger partial charge in [0.25, 0.3) is 0 Å². The van der Waals surface area contributed by atoms with Crippen molar-refractivity contribution in [1.29, 1.82) is 0 Å². The third kappa shape index (κ3) is 13.7. The Kier molecular flexibility index (Phi) is 15.6. The summed E-state index contributed by atoms with van der Waals surface area (Å²) in [6, 6.07) is 0. The Morgan fingerprint density at radius 1 is 0.679 bits per heavy atom. The van der Waals surface area contributed by atoms with Crippen LogP contribution in [0.2, 0.25) is 0 Å². The van der Waals surface area contributed by atoms with Gasteiger partial charge in [0.05, 0.1) is 5.57 Å². The van der Waals surface area contributed by atoms with Gasteiger partial charge in [0, 0.05) is 6.08 Å². The first-order chi connectivity index (χ1) is 13.7. The van der Waals surface area contributed by atoms with Crippen molar-refractivity contribution in [3.8, 4) is 0 Å². The normalized spacial score (nSPS) is 14.1. The van der Waals surface area contributed by atoms with E-state index < -0.39 is 11.9 Å². The minimum Gasteiger partial charge on any atom is -0.386 e. The van der Waals surface area contributed by atoms with Crippen LogP contribution in [0.3, 0.4) is 0 Å². The van der Waals surface area contributed by atoms with Crippen LogP contribution >= 0.6 is 0 Å². The number of ether oxygens (including phenoxy) is 1. The van der Waals surface area contributed by atoms with E-state index in [2.05, 4.69) is 11.7 Å². The second kappa shape index (κ2) is 17.7. The van der Waals surface area contributed by atoms with Gasteiger partial charge in [0.1, 0.15) is 0 Å². The monoisotopic (exact) mass is 390 g/mol. The molecule has 0 radical (unpaired) electrons. The van der Waals surface area contributed by atoms with E-state index in [-0.39, 0.29) is 0 Å². The van der Waals surface area contributed by atoms with Crippen molar-refractivity contribution >= 4 is 11.9 Å². The molecule has 0 unspecified atom stereocenters. The first-order valence-electron chi connectivity index (χ1n) is 11.9. The summed E-state index contributed by atoms with van der Waals surface area (Å²) in [6.45, 7) is 2.28. The largest absolute Gasteiger partial charge is 0.386 e. The summed E-state index contributed by atoms with van der Waals surface area (Å²) < 4.78 is 4.44. The third-order valence-electron chi connectivity index (χ3n) is 5.47. The summed E-state index contributed by atoms with van der Waals surface area (Å²) in [5.74, 6) is -1.08. The maximum absolute atomic E-state index is 11.2. The van der Waals surface area contributed by atoms with Crippen LogP contribution in [0.15, 0.2) is 23.8 Å². The molecule has 0 aromatic rings. The number of carbonyl (C=O) groups excluding carboxylic acids is 2. The standard InChI is InChI=1S/C25H42O3/c1-2-3-4-5-6-7-8-9-10-11-12-13-14-15-16-17-18-19-20-21-23-22-24(26)28-25(23)27/h20-22H,2-19H2,1H3. The van der Waals surface area contributed by atoms with Gasteiger partial charge in [-0.3, -0.25) is 0 Å². The van der Waals surface area contributed by atoms with Gasteiger partial charge >= 0.3 is 11.9 Å². The second-order valence-corrected chi connectivity index (χ2v) is 8.16. The predicted molar refractivity (Wildman–Crippen MR) is 117 cm³/mol. The molecule has 1 aliphatic heterocycles. The maximum atomic E-state index is 11.2. The number of hydrogen-bond acceptors (Lipinski definition) is 3. The van der Waals surface area contributed by atoms with Crippen LogP contribution in [0, 0.1) is 0 Å². The molecule has 28 heavy (non-hydrogen) atoms. The van der Waals surface area contributed by atoms with E-state index in [1.165, 1.54) is 109 Å². The lowest BCUT2D eigenvalue weighted by atomic mass is 10.0. The van der Waals surface area contributed by atoms with Crippen LogP contribution in [-0.4, -0.2) is 11.9 Å². The van der Waals surface area contributed by atoms with Crippen molar-refractivity contribution in [1.82, 2.24) is 0 Å². The average Bonchev–Trinajstić information content (AvgIpc) is 3.00. The fourth-order valence-electron chi connectivity index (χ4n) is 3.68. The van der Waals surface area contributed by atoms with Crippen LogP contribution < -0.4 is 0 Å². The number of carbonyl (C=O) groups is 2. The molecule has 1 heterocycles.